The largest absolute Gasteiger partial charge is 0.377 e. The minimum atomic E-state index is 0.0441. The minimum Gasteiger partial charge on any atom is -0.377 e. The molecule has 2 aromatic rings. The summed E-state index contributed by atoms with van der Waals surface area (Å²) in [6, 6.07) is 6.25. The molecule has 6 nitrogen and oxygen atoms in total. The van der Waals surface area contributed by atoms with Gasteiger partial charge in [0, 0.05) is 45.6 Å². The lowest BCUT2D eigenvalue weighted by atomic mass is 10.1. The van der Waals surface area contributed by atoms with E-state index in [0.717, 1.165) is 24.2 Å². The molecule has 2 rings (SSSR count). The van der Waals surface area contributed by atoms with E-state index in [0.29, 0.717) is 31.7 Å². The Labute approximate surface area is 149 Å². The molecule has 0 spiro atoms. The molecule has 25 heavy (non-hydrogen) atoms. The van der Waals surface area contributed by atoms with Gasteiger partial charge in [0.05, 0.1) is 0 Å². The summed E-state index contributed by atoms with van der Waals surface area (Å²) in [5, 5.41) is 6.88. The summed E-state index contributed by atoms with van der Waals surface area (Å²) in [6.07, 6.45) is 3.63. The van der Waals surface area contributed by atoms with Crippen LogP contribution in [0.2, 0.25) is 0 Å². The number of carbonyl (C=O) groups is 1. The van der Waals surface area contributed by atoms with Crippen LogP contribution in [0.4, 0.5) is 5.69 Å². The van der Waals surface area contributed by atoms with Crippen molar-refractivity contribution >= 4 is 11.6 Å². The van der Waals surface area contributed by atoms with Crippen molar-refractivity contribution in [3.63, 3.8) is 0 Å². The summed E-state index contributed by atoms with van der Waals surface area (Å²) in [5.41, 5.74) is 3.51. The third kappa shape index (κ3) is 5.89. The van der Waals surface area contributed by atoms with Crippen LogP contribution in [-0.4, -0.2) is 30.1 Å². The van der Waals surface area contributed by atoms with Gasteiger partial charge in [-0.3, -0.25) is 4.79 Å². The molecule has 0 bridgehead atoms. The normalized spacial score (nSPS) is 10.7. The maximum atomic E-state index is 12.0. The SMILES string of the molecule is CCCc1noc(CCCC(=O)NCc2ccc(N(C)C)c(C)c2)n1. The summed E-state index contributed by atoms with van der Waals surface area (Å²) >= 11 is 0. The molecule has 0 atom stereocenters. The van der Waals surface area contributed by atoms with Crippen LogP contribution in [0.5, 0.6) is 0 Å². The number of amides is 1. The van der Waals surface area contributed by atoms with E-state index in [1.54, 1.807) is 0 Å². The predicted octanol–water partition coefficient (Wildman–Crippen LogP) is 3.04. The molecule has 0 unspecified atom stereocenters. The Balaban J connectivity index is 1.72. The Morgan fingerprint density at radius 1 is 1.28 bits per heavy atom. The van der Waals surface area contributed by atoms with Crippen LogP contribution in [0.1, 0.15) is 49.0 Å². The second kappa shape index (κ2) is 9.20. The smallest absolute Gasteiger partial charge is 0.226 e. The molecule has 1 aromatic heterocycles. The molecule has 0 aliphatic carbocycles. The Morgan fingerprint density at radius 3 is 2.76 bits per heavy atom. The number of hydrogen-bond acceptors (Lipinski definition) is 5. The van der Waals surface area contributed by atoms with E-state index in [2.05, 4.69) is 52.4 Å². The van der Waals surface area contributed by atoms with Gasteiger partial charge < -0.3 is 14.7 Å². The summed E-state index contributed by atoms with van der Waals surface area (Å²) in [5.74, 6) is 1.41. The molecule has 1 N–H and O–H groups in total. The van der Waals surface area contributed by atoms with Gasteiger partial charge in [0.25, 0.3) is 0 Å². The molecule has 6 heteroatoms. The maximum absolute atomic E-state index is 12.0. The van der Waals surface area contributed by atoms with E-state index in [4.69, 9.17) is 4.52 Å². The first-order chi connectivity index (χ1) is 12.0. The first-order valence-corrected chi connectivity index (χ1v) is 8.84. The van der Waals surface area contributed by atoms with Crippen LogP contribution in [0.25, 0.3) is 0 Å². The van der Waals surface area contributed by atoms with Crippen molar-refractivity contribution in [2.24, 2.45) is 0 Å². The van der Waals surface area contributed by atoms with Crippen molar-refractivity contribution in [1.82, 2.24) is 15.5 Å². The molecular formula is C19H28N4O2. The standard InChI is InChI=1S/C19H28N4O2/c1-5-7-17-21-19(25-22-17)9-6-8-18(24)20-13-15-10-11-16(23(3)4)14(2)12-15/h10-12H,5-9,13H2,1-4H3,(H,20,24). The van der Waals surface area contributed by atoms with Gasteiger partial charge in [0.1, 0.15) is 0 Å². The Kier molecular flexibility index (Phi) is 6.98. The third-order valence-electron chi connectivity index (χ3n) is 4.01. The Morgan fingerprint density at radius 2 is 2.08 bits per heavy atom. The molecule has 1 heterocycles. The van der Waals surface area contributed by atoms with Crippen molar-refractivity contribution < 1.29 is 9.32 Å². The van der Waals surface area contributed by atoms with Crippen molar-refractivity contribution in [2.75, 3.05) is 19.0 Å². The van der Waals surface area contributed by atoms with Crippen molar-refractivity contribution in [3.05, 3.63) is 41.0 Å². The zero-order chi connectivity index (χ0) is 18.2. The number of aromatic nitrogens is 2. The number of nitrogens with zero attached hydrogens (tertiary/aromatic N) is 3. The molecule has 0 radical (unpaired) electrons. The van der Waals surface area contributed by atoms with E-state index in [1.165, 1.54) is 11.3 Å². The molecule has 0 saturated carbocycles. The lowest BCUT2D eigenvalue weighted by Gasteiger charge is -2.16. The van der Waals surface area contributed by atoms with Gasteiger partial charge in [0.15, 0.2) is 5.82 Å². The van der Waals surface area contributed by atoms with Crippen LogP contribution in [-0.2, 0) is 24.2 Å². The van der Waals surface area contributed by atoms with Crippen LogP contribution >= 0.6 is 0 Å². The molecule has 1 amide bonds. The second-order valence-electron chi connectivity index (χ2n) is 6.50. The van der Waals surface area contributed by atoms with E-state index in [1.807, 2.05) is 14.1 Å². The number of anilines is 1. The second-order valence-corrected chi connectivity index (χ2v) is 6.50. The molecule has 0 aliphatic heterocycles. The van der Waals surface area contributed by atoms with Gasteiger partial charge in [-0.15, -0.1) is 0 Å². The highest BCUT2D eigenvalue weighted by molar-refractivity contribution is 5.75. The quantitative estimate of drug-likeness (QED) is 0.757. The topological polar surface area (TPSA) is 71.3 Å². The van der Waals surface area contributed by atoms with Crippen LogP contribution in [0.15, 0.2) is 22.7 Å². The highest BCUT2D eigenvalue weighted by Gasteiger charge is 2.08. The van der Waals surface area contributed by atoms with Gasteiger partial charge in [-0.25, -0.2) is 0 Å². The molecular weight excluding hydrogens is 316 g/mol. The van der Waals surface area contributed by atoms with Gasteiger partial charge >= 0.3 is 0 Å². The first-order valence-electron chi connectivity index (χ1n) is 8.84. The molecule has 1 aromatic carbocycles. The number of carbonyl (C=O) groups excluding carboxylic acids is 1. The summed E-state index contributed by atoms with van der Waals surface area (Å²) in [6.45, 7) is 4.71. The van der Waals surface area contributed by atoms with E-state index >= 15 is 0 Å². The average Bonchev–Trinajstić information content (AvgIpc) is 3.00. The van der Waals surface area contributed by atoms with Gasteiger partial charge in [0.2, 0.25) is 11.8 Å². The molecule has 0 saturated heterocycles. The predicted molar refractivity (Wildman–Crippen MR) is 98.6 cm³/mol. The lowest BCUT2D eigenvalue weighted by Crippen LogP contribution is -2.22. The van der Waals surface area contributed by atoms with Crippen LogP contribution in [0.3, 0.4) is 0 Å². The number of nitrogens with one attached hydrogen (secondary N) is 1. The van der Waals surface area contributed by atoms with Crippen molar-refractivity contribution in [3.8, 4) is 0 Å². The van der Waals surface area contributed by atoms with Gasteiger partial charge in [-0.05, 0) is 37.0 Å². The molecule has 136 valence electrons. The fourth-order valence-corrected chi connectivity index (χ4v) is 2.74. The maximum Gasteiger partial charge on any atom is 0.226 e. The minimum absolute atomic E-state index is 0.0441. The summed E-state index contributed by atoms with van der Waals surface area (Å²) in [7, 11) is 4.05. The number of benzene rings is 1. The Bertz CT molecular complexity index is 694. The third-order valence-corrected chi connectivity index (χ3v) is 4.01. The Hall–Kier alpha value is -2.37. The van der Waals surface area contributed by atoms with E-state index in [9.17, 15) is 4.79 Å². The average molecular weight is 344 g/mol. The summed E-state index contributed by atoms with van der Waals surface area (Å²) in [4.78, 5) is 18.4. The van der Waals surface area contributed by atoms with Crippen LogP contribution < -0.4 is 10.2 Å². The fraction of sp³-hybridized carbons (Fsp3) is 0.526. The van der Waals surface area contributed by atoms with Crippen LogP contribution in [0, 0.1) is 6.92 Å². The van der Waals surface area contributed by atoms with E-state index < -0.39 is 0 Å². The lowest BCUT2D eigenvalue weighted by molar-refractivity contribution is -0.121. The zero-order valence-electron chi connectivity index (χ0n) is 15.6. The van der Waals surface area contributed by atoms with Crippen molar-refractivity contribution in [1.29, 1.82) is 0 Å². The fourth-order valence-electron chi connectivity index (χ4n) is 2.74. The van der Waals surface area contributed by atoms with Gasteiger partial charge in [-0.1, -0.05) is 24.2 Å². The first kappa shape index (κ1) is 19.0. The number of hydrogen-bond donors (Lipinski definition) is 1. The van der Waals surface area contributed by atoms with Crippen molar-refractivity contribution in [2.45, 2.75) is 52.5 Å². The highest BCUT2D eigenvalue weighted by Crippen LogP contribution is 2.18. The number of aryl methyl sites for hydroxylation is 3. The monoisotopic (exact) mass is 344 g/mol. The molecule has 0 fully saturated rings. The highest BCUT2D eigenvalue weighted by atomic mass is 16.5. The van der Waals surface area contributed by atoms with E-state index in [-0.39, 0.29) is 5.91 Å². The summed E-state index contributed by atoms with van der Waals surface area (Å²) < 4.78 is 5.18. The number of rotatable bonds is 9. The van der Waals surface area contributed by atoms with Gasteiger partial charge in [-0.2, -0.15) is 4.98 Å². The zero-order valence-corrected chi connectivity index (χ0v) is 15.6. The molecule has 0 aliphatic rings.